The molecule has 1 unspecified atom stereocenters. The third-order valence-corrected chi connectivity index (χ3v) is 2.66. The van der Waals surface area contributed by atoms with Crippen molar-refractivity contribution in [1.29, 1.82) is 0 Å². The van der Waals surface area contributed by atoms with Crippen LogP contribution < -0.4 is 0 Å². The maximum Gasteiger partial charge on any atom is 0.290 e. The average Bonchev–Trinajstić information content (AvgIpc) is 2.14. The van der Waals surface area contributed by atoms with Crippen LogP contribution >= 0.6 is 39.3 Å². The molecule has 0 aromatic rings. The summed E-state index contributed by atoms with van der Waals surface area (Å²) in [6, 6.07) is 0. The van der Waals surface area contributed by atoms with Crippen molar-refractivity contribution < 1.29 is 17.6 Å². The lowest BCUT2D eigenvalue weighted by Gasteiger charge is -2.20. The van der Waals surface area contributed by atoms with E-state index in [9.17, 15) is 17.6 Å². The van der Waals surface area contributed by atoms with Gasteiger partial charge in [-0.05, 0) is 15.9 Å². The van der Waals surface area contributed by atoms with E-state index in [0.29, 0.717) is 0 Å². The highest BCUT2D eigenvalue weighted by molar-refractivity contribution is 9.12. The molecular formula is C6BrCl2F4N. The zero-order valence-electron chi connectivity index (χ0n) is 6.09. The molecule has 0 heterocycles. The molecular weight excluding hydrogens is 313 g/mol. The standard InChI is InChI=1S/C6BrCl2F4N/c7-1-3(14-9)2(10)5(12)6(8,13)4(1)11/b14-3-. The fourth-order valence-corrected chi connectivity index (χ4v) is 1.84. The van der Waals surface area contributed by atoms with Crippen molar-refractivity contribution in [2.45, 2.75) is 5.13 Å². The van der Waals surface area contributed by atoms with Crippen molar-refractivity contribution in [3.05, 3.63) is 22.0 Å². The maximum absolute atomic E-state index is 13.0. The largest absolute Gasteiger partial charge is 0.290 e. The van der Waals surface area contributed by atoms with Crippen LogP contribution in [0.2, 0.25) is 0 Å². The molecule has 0 fully saturated rings. The number of hydrogen-bond acceptors (Lipinski definition) is 1. The van der Waals surface area contributed by atoms with Gasteiger partial charge in [-0.1, -0.05) is 11.6 Å². The van der Waals surface area contributed by atoms with Crippen molar-refractivity contribution in [2.24, 2.45) is 4.51 Å². The molecule has 0 aromatic carbocycles. The van der Waals surface area contributed by atoms with E-state index in [1.807, 2.05) is 0 Å². The van der Waals surface area contributed by atoms with Crippen LogP contribution in [0.3, 0.4) is 0 Å². The van der Waals surface area contributed by atoms with E-state index in [0.717, 1.165) is 0 Å². The third kappa shape index (κ3) is 1.59. The van der Waals surface area contributed by atoms with Crippen molar-refractivity contribution in [2.75, 3.05) is 0 Å². The van der Waals surface area contributed by atoms with Crippen LogP contribution in [0, 0.1) is 0 Å². The summed E-state index contributed by atoms with van der Waals surface area (Å²) in [5, 5.41) is -3.64. The normalized spacial score (nSPS) is 31.8. The molecule has 1 aliphatic carbocycles. The first kappa shape index (κ1) is 12.0. The lowest BCUT2D eigenvalue weighted by Crippen LogP contribution is -2.26. The summed E-state index contributed by atoms with van der Waals surface area (Å²) in [5.74, 6) is -5.59. The Morgan fingerprint density at radius 1 is 1.21 bits per heavy atom. The van der Waals surface area contributed by atoms with Gasteiger partial charge in [0.25, 0.3) is 5.13 Å². The Kier molecular flexibility index (Phi) is 3.28. The third-order valence-electron chi connectivity index (χ3n) is 1.44. The fourth-order valence-electron chi connectivity index (χ4n) is 0.750. The first-order valence-electron chi connectivity index (χ1n) is 3.03. The van der Waals surface area contributed by atoms with E-state index in [1.54, 1.807) is 0 Å². The first-order chi connectivity index (χ1) is 6.34. The van der Waals surface area contributed by atoms with Crippen molar-refractivity contribution in [3.63, 3.8) is 0 Å². The van der Waals surface area contributed by atoms with E-state index in [1.165, 1.54) is 0 Å². The second kappa shape index (κ2) is 3.83. The SMILES string of the molecule is FC1=C(F)C(F)(Cl)C(F)=C(Br)/C1=N/Cl. The minimum Gasteiger partial charge on any atom is -0.210 e. The summed E-state index contributed by atoms with van der Waals surface area (Å²) in [6.07, 6.45) is 0. The Labute approximate surface area is 94.3 Å². The summed E-state index contributed by atoms with van der Waals surface area (Å²) in [7, 11) is 0. The molecule has 0 aliphatic heterocycles. The van der Waals surface area contributed by atoms with Gasteiger partial charge in [-0.25, -0.2) is 17.6 Å². The van der Waals surface area contributed by atoms with Crippen LogP contribution in [0.15, 0.2) is 26.5 Å². The Bertz CT molecular complexity index is 344. The predicted octanol–water partition coefficient (Wildman–Crippen LogP) is 4.23. The Balaban J connectivity index is 3.45. The van der Waals surface area contributed by atoms with E-state index in [-0.39, 0.29) is 0 Å². The van der Waals surface area contributed by atoms with Gasteiger partial charge in [0.1, 0.15) is 5.71 Å². The molecule has 0 radical (unpaired) electrons. The Morgan fingerprint density at radius 3 is 2.14 bits per heavy atom. The number of halogens is 7. The van der Waals surface area contributed by atoms with Crippen LogP contribution in [0.25, 0.3) is 0 Å². The molecule has 1 nitrogen and oxygen atoms in total. The molecule has 0 spiro atoms. The second-order valence-corrected chi connectivity index (χ2v) is 3.75. The molecule has 1 aliphatic rings. The Hall–Kier alpha value is -0.0700. The summed E-state index contributed by atoms with van der Waals surface area (Å²) in [4.78, 5) is 0. The molecule has 0 N–H and O–H groups in total. The first-order valence-corrected chi connectivity index (χ1v) is 4.54. The number of hydrogen-bond donors (Lipinski definition) is 0. The number of nitrogens with zero attached hydrogens (tertiary/aromatic N) is 1. The highest BCUT2D eigenvalue weighted by Crippen LogP contribution is 2.46. The summed E-state index contributed by atoms with van der Waals surface area (Å²) >= 11 is 12.1. The van der Waals surface area contributed by atoms with E-state index >= 15 is 0 Å². The quantitative estimate of drug-likeness (QED) is 0.469. The molecule has 0 bridgehead atoms. The summed E-state index contributed by atoms with van der Waals surface area (Å²) in [5.41, 5.74) is -0.879. The van der Waals surface area contributed by atoms with Gasteiger partial charge in [-0.2, -0.15) is 4.51 Å². The maximum atomic E-state index is 13.0. The van der Waals surface area contributed by atoms with E-state index in [4.69, 9.17) is 23.4 Å². The van der Waals surface area contributed by atoms with Gasteiger partial charge < -0.3 is 0 Å². The fraction of sp³-hybridized carbons (Fsp3) is 0.167. The molecule has 8 heteroatoms. The zero-order chi connectivity index (χ0) is 11.1. The van der Waals surface area contributed by atoms with Crippen LogP contribution in [-0.2, 0) is 0 Å². The second-order valence-electron chi connectivity index (χ2n) is 2.26. The minimum absolute atomic E-state index is 0.760. The molecule has 0 aromatic heterocycles. The number of rotatable bonds is 0. The lowest BCUT2D eigenvalue weighted by molar-refractivity contribution is 0.266. The van der Waals surface area contributed by atoms with Gasteiger partial charge in [0.2, 0.25) is 0 Å². The zero-order valence-corrected chi connectivity index (χ0v) is 9.19. The van der Waals surface area contributed by atoms with Crippen LogP contribution in [-0.4, -0.2) is 10.8 Å². The molecule has 78 valence electrons. The van der Waals surface area contributed by atoms with Gasteiger partial charge in [0, 0.05) is 11.8 Å². The monoisotopic (exact) mass is 311 g/mol. The topological polar surface area (TPSA) is 12.4 Å². The highest BCUT2D eigenvalue weighted by Gasteiger charge is 2.48. The van der Waals surface area contributed by atoms with Crippen LogP contribution in [0.5, 0.6) is 0 Å². The molecule has 0 amide bonds. The van der Waals surface area contributed by atoms with Gasteiger partial charge in [0.05, 0.1) is 4.48 Å². The smallest absolute Gasteiger partial charge is 0.210 e. The minimum atomic E-state index is -3.64. The van der Waals surface area contributed by atoms with Gasteiger partial charge in [-0.15, -0.1) is 0 Å². The average molecular weight is 313 g/mol. The van der Waals surface area contributed by atoms with E-state index < -0.39 is 32.8 Å². The van der Waals surface area contributed by atoms with Crippen molar-refractivity contribution in [1.82, 2.24) is 0 Å². The van der Waals surface area contributed by atoms with Gasteiger partial charge >= 0.3 is 0 Å². The van der Waals surface area contributed by atoms with Crippen molar-refractivity contribution >= 4 is 45.0 Å². The van der Waals surface area contributed by atoms with Crippen LogP contribution in [0.4, 0.5) is 17.6 Å². The molecule has 1 rings (SSSR count). The molecule has 0 saturated heterocycles. The summed E-state index contributed by atoms with van der Waals surface area (Å²) in [6.45, 7) is 0. The van der Waals surface area contributed by atoms with Crippen molar-refractivity contribution in [3.8, 4) is 0 Å². The highest BCUT2D eigenvalue weighted by atomic mass is 79.9. The van der Waals surface area contributed by atoms with Gasteiger partial charge in [-0.3, -0.25) is 0 Å². The van der Waals surface area contributed by atoms with E-state index in [2.05, 4.69) is 20.4 Å². The lowest BCUT2D eigenvalue weighted by atomic mass is 10.1. The predicted molar refractivity (Wildman–Crippen MR) is 49.3 cm³/mol. The summed E-state index contributed by atoms with van der Waals surface area (Å²) < 4.78 is 53.6. The van der Waals surface area contributed by atoms with Crippen LogP contribution in [0.1, 0.15) is 0 Å². The van der Waals surface area contributed by atoms with Gasteiger partial charge in [0.15, 0.2) is 17.5 Å². The molecule has 14 heavy (non-hydrogen) atoms. The molecule has 1 atom stereocenters. The Morgan fingerprint density at radius 2 is 1.71 bits per heavy atom. The number of alkyl halides is 2. The number of allylic oxidation sites excluding steroid dienone is 4. The molecule has 0 saturated carbocycles.